The summed E-state index contributed by atoms with van der Waals surface area (Å²) in [5.74, 6) is 0. The van der Waals surface area contributed by atoms with Crippen LogP contribution >= 0.6 is 0 Å². The molecular weight excluding hydrogens is 160 g/mol. The number of rotatable bonds is 3. The maximum absolute atomic E-state index is 9.87. The fraction of sp³-hybridized carbons (Fsp3) is 0. The van der Waals surface area contributed by atoms with Gasteiger partial charge in [-0.2, -0.15) is 4.73 Å². The minimum atomic E-state index is 0.176. The molecule has 1 amide bonds. The SMILES string of the molecule is N=c1ccn(O)cc1NNC=O. The van der Waals surface area contributed by atoms with Crippen molar-refractivity contribution in [1.82, 2.24) is 10.2 Å². The predicted molar refractivity (Wildman–Crippen MR) is 40.3 cm³/mol. The molecule has 0 spiro atoms. The second-order valence-corrected chi connectivity index (χ2v) is 2.04. The first kappa shape index (κ1) is 8.12. The third-order valence-corrected chi connectivity index (χ3v) is 1.21. The zero-order chi connectivity index (χ0) is 8.97. The summed E-state index contributed by atoms with van der Waals surface area (Å²) in [6.07, 6.45) is 3.02. The molecule has 0 bridgehead atoms. The van der Waals surface area contributed by atoms with E-state index >= 15 is 0 Å². The van der Waals surface area contributed by atoms with Gasteiger partial charge < -0.3 is 5.21 Å². The Kier molecular flexibility index (Phi) is 2.32. The van der Waals surface area contributed by atoms with Crippen molar-refractivity contribution in [3.05, 3.63) is 23.8 Å². The third kappa shape index (κ3) is 1.75. The second kappa shape index (κ2) is 3.42. The Labute approximate surface area is 67.9 Å². The number of amides is 1. The van der Waals surface area contributed by atoms with E-state index in [-0.39, 0.29) is 5.36 Å². The monoisotopic (exact) mass is 168 g/mol. The highest BCUT2D eigenvalue weighted by atomic mass is 16.5. The Balaban J connectivity index is 2.89. The van der Waals surface area contributed by atoms with Crippen LogP contribution in [0.4, 0.5) is 5.69 Å². The lowest BCUT2D eigenvalue weighted by Gasteiger charge is -2.04. The summed E-state index contributed by atoms with van der Waals surface area (Å²) in [5, 5.41) is 16.4. The van der Waals surface area contributed by atoms with Crippen LogP contribution in [0.15, 0.2) is 18.5 Å². The van der Waals surface area contributed by atoms with E-state index in [2.05, 4.69) is 10.9 Å². The van der Waals surface area contributed by atoms with E-state index in [9.17, 15) is 4.79 Å². The van der Waals surface area contributed by atoms with Gasteiger partial charge in [0.05, 0.1) is 17.2 Å². The third-order valence-electron chi connectivity index (χ3n) is 1.21. The maximum atomic E-state index is 9.87. The summed E-state index contributed by atoms with van der Waals surface area (Å²) in [6, 6.07) is 1.38. The Morgan fingerprint density at radius 2 is 2.42 bits per heavy atom. The average molecular weight is 168 g/mol. The largest absolute Gasteiger partial charge is 0.429 e. The smallest absolute Gasteiger partial charge is 0.225 e. The molecule has 64 valence electrons. The van der Waals surface area contributed by atoms with E-state index in [1.807, 2.05) is 0 Å². The highest BCUT2D eigenvalue weighted by Crippen LogP contribution is 1.93. The van der Waals surface area contributed by atoms with Crippen molar-refractivity contribution in [2.45, 2.75) is 0 Å². The number of aromatic nitrogens is 1. The van der Waals surface area contributed by atoms with Gasteiger partial charge in [-0.05, 0) is 6.07 Å². The zero-order valence-corrected chi connectivity index (χ0v) is 6.11. The number of hydrazine groups is 1. The first-order valence-corrected chi connectivity index (χ1v) is 3.15. The number of hydrogen-bond donors (Lipinski definition) is 4. The molecular formula is C6H8N4O2. The van der Waals surface area contributed by atoms with E-state index in [1.165, 1.54) is 18.5 Å². The van der Waals surface area contributed by atoms with Gasteiger partial charge in [-0.1, -0.05) is 0 Å². The first-order chi connectivity index (χ1) is 5.74. The number of nitrogens with one attached hydrogen (secondary N) is 3. The van der Waals surface area contributed by atoms with Crippen LogP contribution in [0.1, 0.15) is 0 Å². The topological polar surface area (TPSA) is 90.1 Å². The molecule has 0 fully saturated rings. The maximum Gasteiger partial charge on any atom is 0.225 e. The molecule has 1 heterocycles. The highest BCUT2D eigenvalue weighted by Gasteiger charge is 1.93. The van der Waals surface area contributed by atoms with Crippen LogP contribution in [-0.2, 0) is 4.79 Å². The molecule has 0 radical (unpaired) electrons. The van der Waals surface area contributed by atoms with Gasteiger partial charge in [0.25, 0.3) is 0 Å². The van der Waals surface area contributed by atoms with Gasteiger partial charge >= 0.3 is 0 Å². The summed E-state index contributed by atoms with van der Waals surface area (Å²) < 4.78 is 0.785. The fourth-order valence-corrected chi connectivity index (χ4v) is 0.692. The summed E-state index contributed by atoms with van der Waals surface area (Å²) in [7, 11) is 0. The summed E-state index contributed by atoms with van der Waals surface area (Å²) >= 11 is 0. The molecule has 12 heavy (non-hydrogen) atoms. The van der Waals surface area contributed by atoms with E-state index in [1.54, 1.807) is 0 Å². The Morgan fingerprint density at radius 1 is 1.67 bits per heavy atom. The number of carbonyl (C=O) groups is 1. The van der Waals surface area contributed by atoms with Crippen LogP contribution in [0.2, 0.25) is 0 Å². The minimum Gasteiger partial charge on any atom is -0.429 e. The quantitative estimate of drug-likeness (QED) is 0.272. The highest BCUT2D eigenvalue weighted by molar-refractivity contribution is 5.51. The lowest BCUT2D eigenvalue weighted by atomic mass is 10.4. The molecule has 0 unspecified atom stereocenters. The molecule has 0 aliphatic heterocycles. The number of carbonyl (C=O) groups excluding carboxylic acids is 1. The molecule has 1 aromatic heterocycles. The van der Waals surface area contributed by atoms with Crippen LogP contribution in [0.25, 0.3) is 0 Å². The van der Waals surface area contributed by atoms with Gasteiger partial charge in [0.1, 0.15) is 0 Å². The van der Waals surface area contributed by atoms with Gasteiger partial charge in [0, 0.05) is 6.20 Å². The lowest BCUT2D eigenvalue weighted by molar-refractivity contribution is -0.109. The molecule has 4 N–H and O–H groups in total. The van der Waals surface area contributed by atoms with Crippen molar-refractivity contribution in [1.29, 1.82) is 5.41 Å². The van der Waals surface area contributed by atoms with E-state index in [4.69, 9.17) is 10.6 Å². The molecule has 1 rings (SSSR count). The molecule has 0 aliphatic carbocycles. The standard InChI is InChI=1S/C6H8N4O2/c7-5-1-2-10(12)3-6(5)9-8-4-11/h1-4,7,9,12H,(H,8,11). The van der Waals surface area contributed by atoms with Crippen molar-refractivity contribution in [2.75, 3.05) is 5.43 Å². The van der Waals surface area contributed by atoms with Crippen molar-refractivity contribution in [2.24, 2.45) is 0 Å². The molecule has 0 saturated carbocycles. The molecule has 0 aromatic carbocycles. The zero-order valence-electron chi connectivity index (χ0n) is 6.11. The molecule has 6 heteroatoms. The van der Waals surface area contributed by atoms with Crippen molar-refractivity contribution in [3.63, 3.8) is 0 Å². The molecule has 1 aromatic rings. The van der Waals surface area contributed by atoms with Crippen molar-refractivity contribution < 1.29 is 10.0 Å². The molecule has 0 atom stereocenters. The van der Waals surface area contributed by atoms with Gasteiger partial charge in [0.2, 0.25) is 6.41 Å². The number of anilines is 1. The summed E-state index contributed by atoms with van der Waals surface area (Å²) in [6.45, 7) is 0. The van der Waals surface area contributed by atoms with Crippen LogP contribution < -0.4 is 16.2 Å². The Morgan fingerprint density at radius 3 is 3.08 bits per heavy atom. The fourth-order valence-electron chi connectivity index (χ4n) is 0.692. The van der Waals surface area contributed by atoms with Gasteiger partial charge in [-0.15, -0.1) is 0 Å². The number of pyridine rings is 1. The van der Waals surface area contributed by atoms with Crippen LogP contribution in [0, 0.1) is 5.41 Å². The molecule has 0 aliphatic rings. The molecule has 0 saturated heterocycles. The van der Waals surface area contributed by atoms with E-state index in [0.29, 0.717) is 12.1 Å². The Bertz CT molecular complexity index is 333. The summed E-state index contributed by atoms with van der Waals surface area (Å²) in [4.78, 5) is 9.87. The van der Waals surface area contributed by atoms with Crippen LogP contribution in [0.5, 0.6) is 0 Å². The Hall–Kier alpha value is -1.98. The summed E-state index contributed by atoms with van der Waals surface area (Å²) in [5.41, 5.74) is 4.89. The van der Waals surface area contributed by atoms with Crippen LogP contribution in [0.3, 0.4) is 0 Å². The molecule has 6 nitrogen and oxygen atoms in total. The number of hydrogen-bond acceptors (Lipinski definition) is 4. The van der Waals surface area contributed by atoms with Crippen LogP contribution in [-0.4, -0.2) is 16.3 Å². The van der Waals surface area contributed by atoms with Crippen molar-refractivity contribution in [3.8, 4) is 0 Å². The normalized spacial score (nSPS) is 9.00. The first-order valence-electron chi connectivity index (χ1n) is 3.15. The second-order valence-electron chi connectivity index (χ2n) is 2.04. The number of nitrogens with zero attached hydrogens (tertiary/aromatic N) is 1. The van der Waals surface area contributed by atoms with Gasteiger partial charge in [-0.25, -0.2) is 0 Å². The van der Waals surface area contributed by atoms with Gasteiger partial charge in [-0.3, -0.25) is 21.1 Å². The van der Waals surface area contributed by atoms with Crippen molar-refractivity contribution >= 4 is 12.1 Å². The van der Waals surface area contributed by atoms with E-state index < -0.39 is 0 Å². The lowest BCUT2D eigenvalue weighted by Crippen LogP contribution is -2.24. The average Bonchev–Trinajstić information content (AvgIpc) is 2.07. The minimum absolute atomic E-state index is 0.176. The van der Waals surface area contributed by atoms with E-state index in [0.717, 1.165) is 4.73 Å². The predicted octanol–water partition coefficient (Wildman–Crippen LogP) is -0.722. The van der Waals surface area contributed by atoms with Gasteiger partial charge in [0.15, 0.2) is 0 Å².